The van der Waals surface area contributed by atoms with Crippen LogP contribution in [0.4, 0.5) is 0 Å². The molecule has 0 aliphatic rings. The van der Waals surface area contributed by atoms with Crippen LogP contribution in [0, 0.1) is 6.92 Å². The van der Waals surface area contributed by atoms with Crippen LogP contribution in [-0.2, 0) is 6.42 Å². The normalized spacial score (nSPS) is 10.8. The highest BCUT2D eigenvalue weighted by molar-refractivity contribution is 6.06. The zero-order chi connectivity index (χ0) is 13.7. The quantitative estimate of drug-likeness (QED) is 0.578. The number of rotatable bonds is 4. The fourth-order valence-corrected chi connectivity index (χ4v) is 1.85. The summed E-state index contributed by atoms with van der Waals surface area (Å²) < 4.78 is 0. The minimum absolute atomic E-state index is 0.0447. The van der Waals surface area contributed by atoms with Gasteiger partial charge in [0.2, 0.25) is 0 Å². The van der Waals surface area contributed by atoms with Crippen molar-refractivity contribution in [2.45, 2.75) is 20.3 Å². The maximum Gasteiger partial charge on any atom is 0.185 e. The van der Waals surface area contributed by atoms with Crippen molar-refractivity contribution in [3.8, 4) is 0 Å². The Hall–Kier alpha value is -2.15. The van der Waals surface area contributed by atoms with Crippen LogP contribution in [0.1, 0.15) is 34.0 Å². The van der Waals surface area contributed by atoms with Crippen molar-refractivity contribution in [1.82, 2.24) is 0 Å². The Balaban J connectivity index is 2.09. The highest BCUT2D eigenvalue weighted by atomic mass is 16.1. The molecule has 0 atom stereocenters. The van der Waals surface area contributed by atoms with E-state index in [4.69, 9.17) is 0 Å². The lowest BCUT2D eigenvalue weighted by molar-refractivity contribution is 0.104. The molecule has 1 nitrogen and oxygen atoms in total. The average molecular weight is 250 g/mol. The summed E-state index contributed by atoms with van der Waals surface area (Å²) in [7, 11) is 0. The Kier molecular flexibility index (Phi) is 4.30. The van der Waals surface area contributed by atoms with E-state index < -0.39 is 0 Å². The average Bonchev–Trinajstić information content (AvgIpc) is 2.46. The van der Waals surface area contributed by atoms with Gasteiger partial charge in [0.05, 0.1) is 0 Å². The summed E-state index contributed by atoms with van der Waals surface area (Å²) in [5, 5.41) is 0. The van der Waals surface area contributed by atoms with Crippen molar-refractivity contribution in [3.05, 3.63) is 76.9 Å². The van der Waals surface area contributed by atoms with E-state index in [0.29, 0.717) is 0 Å². The van der Waals surface area contributed by atoms with Gasteiger partial charge in [-0.2, -0.15) is 0 Å². The van der Waals surface area contributed by atoms with Crippen molar-refractivity contribution >= 4 is 11.9 Å². The zero-order valence-corrected chi connectivity index (χ0v) is 11.4. The van der Waals surface area contributed by atoms with Crippen LogP contribution in [-0.4, -0.2) is 5.78 Å². The van der Waals surface area contributed by atoms with Gasteiger partial charge in [-0.3, -0.25) is 4.79 Å². The minimum atomic E-state index is 0.0447. The van der Waals surface area contributed by atoms with E-state index in [-0.39, 0.29) is 5.78 Å². The third kappa shape index (κ3) is 3.65. The molecule has 0 heterocycles. The van der Waals surface area contributed by atoms with Crippen molar-refractivity contribution in [1.29, 1.82) is 0 Å². The molecule has 0 aromatic heterocycles. The smallest absolute Gasteiger partial charge is 0.185 e. The predicted molar refractivity (Wildman–Crippen MR) is 80.4 cm³/mol. The number of allylic oxidation sites excluding steroid dienone is 1. The topological polar surface area (TPSA) is 17.1 Å². The van der Waals surface area contributed by atoms with Crippen molar-refractivity contribution in [2.24, 2.45) is 0 Å². The molecule has 19 heavy (non-hydrogen) atoms. The van der Waals surface area contributed by atoms with Gasteiger partial charge in [-0.25, -0.2) is 0 Å². The molecule has 0 bridgehead atoms. The molecule has 0 fully saturated rings. The first-order chi connectivity index (χ1) is 9.19. The zero-order valence-electron chi connectivity index (χ0n) is 11.4. The molecule has 0 saturated heterocycles. The maximum atomic E-state index is 12.0. The summed E-state index contributed by atoms with van der Waals surface area (Å²) in [5.74, 6) is 0.0447. The lowest BCUT2D eigenvalue weighted by Crippen LogP contribution is -1.94. The van der Waals surface area contributed by atoms with Gasteiger partial charge in [-0.05, 0) is 30.5 Å². The number of ketones is 1. The molecule has 0 unspecified atom stereocenters. The van der Waals surface area contributed by atoms with Gasteiger partial charge in [-0.1, -0.05) is 67.1 Å². The summed E-state index contributed by atoms with van der Waals surface area (Å²) in [6.45, 7) is 4.15. The molecule has 1 heteroatoms. The highest BCUT2D eigenvalue weighted by Crippen LogP contribution is 2.09. The maximum absolute atomic E-state index is 12.0. The highest BCUT2D eigenvalue weighted by Gasteiger charge is 2.00. The van der Waals surface area contributed by atoms with Crippen LogP contribution in [0.25, 0.3) is 6.08 Å². The Bertz CT molecular complexity index is 574. The van der Waals surface area contributed by atoms with E-state index >= 15 is 0 Å². The van der Waals surface area contributed by atoms with Crippen molar-refractivity contribution in [2.75, 3.05) is 0 Å². The molecule has 96 valence electrons. The molecule has 2 rings (SSSR count). The van der Waals surface area contributed by atoms with Crippen LogP contribution in [0.15, 0.2) is 54.6 Å². The van der Waals surface area contributed by atoms with Gasteiger partial charge in [0.1, 0.15) is 0 Å². The van der Waals surface area contributed by atoms with Crippen LogP contribution in [0.5, 0.6) is 0 Å². The molecule has 2 aromatic rings. The molecule has 0 spiro atoms. The molecule has 2 aromatic carbocycles. The molecule has 0 saturated carbocycles. The van der Waals surface area contributed by atoms with Gasteiger partial charge in [0.15, 0.2) is 5.78 Å². The molecular formula is C18H18O. The second-order valence-corrected chi connectivity index (χ2v) is 4.66. The second kappa shape index (κ2) is 6.14. The molecular weight excluding hydrogens is 232 g/mol. The summed E-state index contributed by atoms with van der Waals surface area (Å²) >= 11 is 0. The molecule has 0 aliphatic heterocycles. The van der Waals surface area contributed by atoms with Gasteiger partial charge >= 0.3 is 0 Å². The monoisotopic (exact) mass is 250 g/mol. The Labute approximate surface area is 114 Å². The second-order valence-electron chi connectivity index (χ2n) is 4.66. The minimum Gasteiger partial charge on any atom is -0.289 e. The first-order valence-electron chi connectivity index (χ1n) is 6.57. The third-order valence-electron chi connectivity index (χ3n) is 3.15. The molecule has 0 aliphatic carbocycles. The van der Waals surface area contributed by atoms with E-state index in [1.807, 2.05) is 61.5 Å². The summed E-state index contributed by atoms with van der Waals surface area (Å²) in [6.07, 6.45) is 4.48. The van der Waals surface area contributed by atoms with Gasteiger partial charge < -0.3 is 0 Å². The first-order valence-corrected chi connectivity index (χ1v) is 6.57. The van der Waals surface area contributed by atoms with E-state index in [0.717, 1.165) is 17.5 Å². The largest absolute Gasteiger partial charge is 0.289 e. The van der Waals surface area contributed by atoms with Crippen LogP contribution in [0.2, 0.25) is 0 Å². The number of carbonyl (C=O) groups is 1. The Morgan fingerprint density at radius 3 is 2.21 bits per heavy atom. The summed E-state index contributed by atoms with van der Waals surface area (Å²) in [6, 6.07) is 15.9. The molecule has 0 N–H and O–H groups in total. The van der Waals surface area contributed by atoms with Crippen molar-refractivity contribution in [3.63, 3.8) is 0 Å². The number of benzene rings is 2. The third-order valence-corrected chi connectivity index (χ3v) is 3.15. The van der Waals surface area contributed by atoms with Crippen molar-refractivity contribution < 1.29 is 4.79 Å². The summed E-state index contributed by atoms with van der Waals surface area (Å²) in [5.41, 5.74) is 4.25. The standard InChI is InChI=1S/C18H18O/c1-3-15-8-11-17(12-9-15)18(19)13-10-16-6-4-14(2)5-7-16/h4-13H,3H2,1-2H3. The number of hydrogen-bond acceptors (Lipinski definition) is 1. The van der Waals surface area contributed by atoms with Crippen LogP contribution < -0.4 is 0 Å². The fraction of sp³-hybridized carbons (Fsp3) is 0.167. The first kappa shape index (κ1) is 13.3. The van der Waals surface area contributed by atoms with Gasteiger partial charge in [0, 0.05) is 5.56 Å². The SMILES string of the molecule is CCc1ccc(C(=O)C=Cc2ccc(C)cc2)cc1. The van der Waals surface area contributed by atoms with Gasteiger partial charge in [-0.15, -0.1) is 0 Å². The summed E-state index contributed by atoms with van der Waals surface area (Å²) in [4.78, 5) is 12.0. The lowest BCUT2D eigenvalue weighted by Gasteiger charge is -1.99. The predicted octanol–water partition coefficient (Wildman–Crippen LogP) is 4.45. The Morgan fingerprint density at radius 1 is 1.00 bits per heavy atom. The molecule has 0 amide bonds. The number of aryl methyl sites for hydroxylation is 2. The van der Waals surface area contributed by atoms with E-state index in [9.17, 15) is 4.79 Å². The fourth-order valence-electron chi connectivity index (χ4n) is 1.85. The van der Waals surface area contributed by atoms with E-state index in [2.05, 4.69) is 6.92 Å². The number of hydrogen-bond donors (Lipinski definition) is 0. The van der Waals surface area contributed by atoms with Gasteiger partial charge in [0.25, 0.3) is 0 Å². The van der Waals surface area contributed by atoms with Crippen LogP contribution >= 0.6 is 0 Å². The van der Waals surface area contributed by atoms with E-state index in [1.165, 1.54) is 11.1 Å². The molecule has 0 radical (unpaired) electrons. The number of carbonyl (C=O) groups excluding carboxylic acids is 1. The van der Waals surface area contributed by atoms with E-state index in [1.54, 1.807) is 6.08 Å². The van der Waals surface area contributed by atoms with Crippen LogP contribution in [0.3, 0.4) is 0 Å². The lowest BCUT2D eigenvalue weighted by atomic mass is 10.1. The Morgan fingerprint density at radius 2 is 1.63 bits per heavy atom.